The van der Waals surface area contributed by atoms with Crippen molar-refractivity contribution in [3.05, 3.63) is 0 Å². The highest BCUT2D eigenvalue weighted by Gasteiger charge is 2.29. The van der Waals surface area contributed by atoms with E-state index in [4.69, 9.17) is 10.5 Å². The van der Waals surface area contributed by atoms with Crippen molar-refractivity contribution in [3.63, 3.8) is 0 Å². The minimum Gasteiger partial charge on any atom is -0.467 e. The molecule has 0 amide bonds. The van der Waals surface area contributed by atoms with Gasteiger partial charge in [-0.2, -0.15) is 15.0 Å². The Hall–Kier alpha value is -1.63. The molecule has 0 saturated heterocycles. The third kappa shape index (κ3) is 3.19. The molecule has 4 N–H and O–H groups in total. The molecule has 1 aliphatic carbocycles. The predicted molar refractivity (Wildman–Crippen MR) is 67.3 cm³/mol. The average molecular weight is 253 g/mol. The summed E-state index contributed by atoms with van der Waals surface area (Å²) < 4.78 is 4.91. The molecular weight excluding hydrogens is 234 g/mol. The number of hydrogen-bond acceptors (Lipinski definition) is 7. The van der Waals surface area contributed by atoms with E-state index >= 15 is 0 Å². The van der Waals surface area contributed by atoms with E-state index in [1.807, 2.05) is 0 Å². The number of hydrogen-bond donors (Lipinski definition) is 3. The van der Waals surface area contributed by atoms with Crippen LogP contribution in [0.3, 0.4) is 0 Å². The summed E-state index contributed by atoms with van der Waals surface area (Å²) in [7, 11) is 1.47. The molecule has 1 aromatic rings. The Morgan fingerprint density at radius 3 is 2.67 bits per heavy atom. The first-order valence-corrected chi connectivity index (χ1v) is 6.13. The van der Waals surface area contributed by atoms with E-state index in [-0.39, 0.29) is 12.0 Å². The van der Waals surface area contributed by atoms with Gasteiger partial charge in [0.25, 0.3) is 0 Å². The lowest BCUT2D eigenvalue weighted by atomic mass is 9.85. The van der Waals surface area contributed by atoms with Crippen LogP contribution in [0, 0.1) is 0 Å². The fourth-order valence-electron chi connectivity index (χ4n) is 2.17. The Kier molecular flexibility index (Phi) is 3.81. The number of ether oxygens (including phenoxy) is 1. The molecule has 18 heavy (non-hydrogen) atoms. The topological polar surface area (TPSA) is 106 Å². The number of nitrogen functional groups attached to an aromatic ring is 1. The number of nitrogens with two attached hydrogens (primary N) is 1. The summed E-state index contributed by atoms with van der Waals surface area (Å²) in [6, 6.07) is 0.167. The van der Waals surface area contributed by atoms with Crippen LogP contribution in [-0.2, 0) is 0 Å². The Labute approximate surface area is 106 Å². The third-order valence-electron chi connectivity index (χ3n) is 3.17. The van der Waals surface area contributed by atoms with Crippen LogP contribution in [0.15, 0.2) is 0 Å². The third-order valence-corrected chi connectivity index (χ3v) is 3.17. The summed E-state index contributed by atoms with van der Waals surface area (Å²) in [6.45, 7) is 0.416. The zero-order valence-corrected chi connectivity index (χ0v) is 10.5. The van der Waals surface area contributed by atoms with Crippen molar-refractivity contribution < 1.29 is 9.84 Å². The molecule has 1 heterocycles. The molecule has 0 aromatic carbocycles. The Morgan fingerprint density at radius 2 is 2.00 bits per heavy atom. The second-order valence-electron chi connectivity index (χ2n) is 4.64. The normalized spacial score (nSPS) is 18.3. The monoisotopic (exact) mass is 253 g/mol. The van der Waals surface area contributed by atoms with E-state index in [2.05, 4.69) is 20.3 Å². The second-order valence-corrected chi connectivity index (χ2v) is 4.64. The number of aliphatic hydroxyl groups is 1. The quantitative estimate of drug-likeness (QED) is 0.720. The molecule has 7 nitrogen and oxygen atoms in total. The van der Waals surface area contributed by atoms with Gasteiger partial charge >= 0.3 is 6.01 Å². The number of nitrogens with one attached hydrogen (secondary N) is 1. The molecule has 1 aromatic heterocycles. The van der Waals surface area contributed by atoms with Gasteiger partial charge in [-0.15, -0.1) is 0 Å². The summed E-state index contributed by atoms with van der Waals surface area (Å²) >= 11 is 0. The van der Waals surface area contributed by atoms with E-state index in [0.29, 0.717) is 12.5 Å². The lowest BCUT2D eigenvalue weighted by Crippen LogP contribution is -2.39. The van der Waals surface area contributed by atoms with Gasteiger partial charge < -0.3 is 20.9 Å². The van der Waals surface area contributed by atoms with Crippen LogP contribution >= 0.6 is 0 Å². The van der Waals surface area contributed by atoms with Crippen molar-refractivity contribution in [2.75, 3.05) is 24.7 Å². The first-order valence-electron chi connectivity index (χ1n) is 6.13. The number of aromatic nitrogens is 3. The molecule has 0 bridgehead atoms. The van der Waals surface area contributed by atoms with Crippen LogP contribution in [-0.4, -0.2) is 39.3 Å². The number of nitrogens with zero attached hydrogens (tertiary/aromatic N) is 3. The molecule has 1 saturated carbocycles. The Bertz CT molecular complexity index is 406. The lowest BCUT2D eigenvalue weighted by molar-refractivity contribution is 0.0165. The lowest BCUT2D eigenvalue weighted by Gasteiger charge is -2.32. The highest BCUT2D eigenvalue weighted by molar-refractivity contribution is 5.32. The van der Waals surface area contributed by atoms with Crippen molar-refractivity contribution in [1.29, 1.82) is 0 Å². The average Bonchev–Trinajstić information content (AvgIpc) is 2.37. The summed E-state index contributed by atoms with van der Waals surface area (Å²) in [5.41, 5.74) is 4.86. The van der Waals surface area contributed by atoms with Crippen LogP contribution in [0.1, 0.15) is 32.1 Å². The summed E-state index contributed by atoms with van der Waals surface area (Å²) in [5, 5.41) is 13.3. The fourth-order valence-corrected chi connectivity index (χ4v) is 2.17. The van der Waals surface area contributed by atoms with Crippen molar-refractivity contribution in [2.24, 2.45) is 0 Å². The van der Waals surface area contributed by atoms with Crippen molar-refractivity contribution in [3.8, 4) is 6.01 Å². The zero-order chi connectivity index (χ0) is 13.0. The van der Waals surface area contributed by atoms with Gasteiger partial charge in [0.15, 0.2) is 0 Å². The van der Waals surface area contributed by atoms with Crippen LogP contribution in [0.25, 0.3) is 0 Å². The van der Waals surface area contributed by atoms with E-state index in [0.717, 1.165) is 25.7 Å². The molecule has 0 spiro atoms. The van der Waals surface area contributed by atoms with E-state index in [1.54, 1.807) is 0 Å². The number of anilines is 2. The molecule has 0 unspecified atom stereocenters. The smallest absolute Gasteiger partial charge is 0.322 e. The van der Waals surface area contributed by atoms with Gasteiger partial charge in [0.1, 0.15) is 0 Å². The van der Waals surface area contributed by atoms with Gasteiger partial charge in [0.2, 0.25) is 11.9 Å². The molecule has 0 radical (unpaired) electrons. The Morgan fingerprint density at radius 1 is 1.28 bits per heavy atom. The molecule has 2 rings (SSSR count). The van der Waals surface area contributed by atoms with Crippen molar-refractivity contribution in [2.45, 2.75) is 37.7 Å². The van der Waals surface area contributed by atoms with E-state index in [9.17, 15) is 5.11 Å². The molecule has 100 valence electrons. The van der Waals surface area contributed by atoms with Crippen molar-refractivity contribution >= 4 is 11.9 Å². The molecule has 0 aliphatic heterocycles. The highest BCUT2D eigenvalue weighted by Crippen LogP contribution is 2.28. The summed E-state index contributed by atoms with van der Waals surface area (Å²) in [6.07, 6.45) is 4.91. The minimum atomic E-state index is -0.674. The number of methoxy groups -OCH3 is 1. The Balaban J connectivity index is 1.98. The van der Waals surface area contributed by atoms with E-state index < -0.39 is 5.60 Å². The van der Waals surface area contributed by atoms with Crippen LogP contribution in [0.4, 0.5) is 11.9 Å². The van der Waals surface area contributed by atoms with Gasteiger partial charge in [0, 0.05) is 6.54 Å². The standard InChI is InChI=1S/C11H19N5O2/c1-18-10-15-8(12)14-9(16-10)13-7-11(17)5-3-2-4-6-11/h17H,2-7H2,1H3,(H3,12,13,14,15,16). The number of rotatable bonds is 4. The van der Waals surface area contributed by atoms with Crippen LogP contribution in [0.5, 0.6) is 6.01 Å². The predicted octanol–water partition coefficient (Wildman–Crippen LogP) is 0.569. The van der Waals surface area contributed by atoms with Gasteiger partial charge in [-0.05, 0) is 12.8 Å². The van der Waals surface area contributed by atoms with Crippen molar-refractivity contribution in [1.82, 2.24) is 15.0 Å². The van der Waals surface area contributed by atoms with Crippen LogP contribution < -0.4 is 15.8 Å². The maximum atomic E-state index is 10.3. The molecule has 1 aliphatic rings. The summed E-state index contributed by atoms with van der Waals surface area (Å²) in [4.78, 5) is 11.8. The fraction of sp³-hybridized carbons (Fsp3) is 0.727. The van der Waals surface area contributed by atoms with Gasteiger partial charge in [-0.1, -0.05) is 19.3 Å². The van der Waals surface area contributed by atoms with Gasteiger partial charge in [0.05, 0.1) is 12.7 Å². The molecule has 1 fully saturated rings. The second kappa shape index (κ2) is 5.34. The summed E-state index contributed by atoms with van der Waals surface area (Å²) in [5.74, 6) is 0.429. The van der Waals surface area contributed by atoms with Crippen LogP contribution in [0.2, 0.25) is 0 Å². The minimum absolute atomic E-state index is 0.0972. The largest absolute Gasteiger partial charge is 0.467 e. The molecule has 0 atom stereocenters. The van der Waals surface area contributed by atoms with Gasteiger partial charge in [-0.25, -0.2) is 0 Å². The maximum Gasteiger partial charge on any atom is 0.322 e. The van der Waals surface area contributed by atoms with E-state index in [1.165, 1.54) is 13.5 Å². The first-order chi connectivity index (χ1) is 8.61. The maximum absolute atomic E-state index is 10.3. The molecular formula is C11H19N5O2. The molecule has 7 heteroatoms. The van der Waals surface area contributed by atoms with Gasteiger partial charge in [-0.3, -0.25) is 0 Å². The zero-order valence-electron chi connectivity index (χ0n) is 10.5. The highest BCUT2D eigenvalue weighted by atomic mass is 16.5. The first kappa shape index (κ1) is 12.8. The SMILES string of the molecule is COc1nc(N)nc(NCC2(O)CCCCC2)n1.